The van der Waals surface area contributed by atoms with Crippen LogP contribution in [0.15, 0.2) is 24.3 Å². The number of hydrogen-bond donors (Lipinski definition) is 2. The van der Waals surface area contributed by atoms with Crippen molar-refractivity contribution >= 4 is 17.5 Å². The number of carbonyl (C=O) groups excluding carboxylic acids is 1. The summed E-state index contributed by atoms with van der Waals surface area (Å²) in [7, 11) is 0. The van der Waals surface area contributed by atoms with E-state index in [1.807, 2.05) is 0 Å². The number of nitrogens with one attached hydrogen (secondary N) is 2. The van der Waals surface area contributed by atoms with Crippen molar-refractivity contribution in [1.82, 2.24) is 15.3 Å². The maximum Gasteiger partial charge on any atom is 0.258 e. The number of H-pyrrole nitrogens is 1. The number of ether oxygens (including phenoxy) is 1. The molecule has 0 bridgehead atoms. The Morgan fingerprint density at radius 3 is 2.82 bits per heavy atom. The Hall–Kier alpha value is -2.01. The lowest BCUT2D eigenvalue weighted by atomic mass is 10.0. The number of aromatic nitrogens is 2. The van der Waals surface area contributed by atoms with Crippen molar-refractivity contribution in [1.29, 1.82) is 0 Å². The van der Waals surface area contributed by atoms with Crippen LogP contribution in [-0.2, 0) is 24.2 Å². The van der Waals surface area contributed by atoms with Gasteiger partial charge < -0.3 is 15.0 Å². The highest BCUT2D eigenvalue weighted by Gasteiger charge is 2.14. The van der Waals surface area contributed by atoms with E-state index >= 15 is 0 Å². The minimum atomic E-state index is -0.177. The lowest BCUT2D eigenvalue weighted by Crippen LogP contribution is -2.28. The molecule has 1 aliphatic rings. The molecule has 2 N–H and O–H groups in total. The zero-order valence-corrected chi connectivity index (χ0v) is 12.9. The monoisotopic (exact) mass is 319 g/mol. The van der Waals surface area contributed by atoms with E-state index in [0.29, 0.717) is 17.3 Å². The van der Waals surface area contributed by atoms with E-state index < -0.39 is 0 Å². The zero-order valence-electron chi connectivity index (χ0n) is 12.2. The number of imidazole rings is 1. The molecular weight excluding hydrogens is 302 g/mol. The SMILES string of the molecule is O=C(COc1ccc(Cl)cc1)NCc1nc2c([nH]1)CCCC2. The molecule has 6 heteroatoms. The smallest absolute Gasteiger partial charge is 0.258 e. The highest BCUT2D eigenvalue weighted by Crippen LogP contribution is 2.18. The van der Waals surface area contributed by atoms with E-state index in [1.165, 1.54) is 18.5 Å². The second-order valence-electron chi connectivity index (χ2n) is 5.34. The second-order valence-corrected chi connectivity index (χ2v) is 5.77. The summed E-state index contributed by atoms with van der Waals surface area (Å²) >= 11 is 5.79. The van der Waals surface area contributed by atoms with Gasteiger partial charge in [-0.3, -0.25) is 4.79 Å². The van der Waals surface area contributed by atoms with E-state index in [9.17, 15) is 4.79 Å². The molecule has 116 valence electrons. The molecule has 0 saturated heterocycles. The van der Waals surface area contributed by atoms with Crippen molar-refractivity contribution in [3.63, 3.8) is 0 Å². The van der Waals surface area contributed by atoms with Crippen molar-refractivity contribution in [2.45, 2.75) is 32.2 Å². The molecule has 3 rings (SSSR count). The fraction of sp³-hybridized carbons (Fsp3) is 0.375. The molecule has 1 aliphatic carbocycles. The summed E-state index contributed by atoms with van der Waals surface area (Å²) in [6.07, 6.45) is 4.48. The summed E-state index contributed by atoms with van der Waals surface area (Å²) in [4.78, 5) is 19.6. The first kappa shape index (κ1) is 14.9. The number of carbonyl (C=O) groups is 1. The Kier molecular flexibility index (Phi) is 4.63. The van der Waals surface area contributed by atoms with Gasteiger partial charge in [0.25, 0.3) is 5.91 Å². The van der Waals surface area contributed by atoms with Crippen molar-refractivity contribution in [2.24, 2.45) is 0 Å². The topological polar surface area (TPSA) is 67.0 Å². The molecule has 1 amide bonds. The van der Waals surface area contributed by atoms with Crippen LogP contribution in [0.25, 0.3) is 0 Å². The summed E-state index contributed by atoms with van der Waals surface area (Å²) in [5.74, 6) is 1.25. The average Bonchev–Trinajstić information content (AvgIpc) is 2.95. The molecule has 2 aromatic rings. The minimum Gasteiger partial charge on any atom is -0.484 e. The Labute approximate surface area is 134 Å². The van der Waals surface area contributed by atoms with Crippen LogP contribution >= 0.6 is 11.6 Å². The number of halogens is 1. The number of hydrogen-bond acceptors (Lipinski definition) is 3. The normalized spacial score (nSPS) is 13.5. The summed E-state index contributed by atoms with van der Waals surface area (Å²) < 4.78 is 5.39. The zero-order chi connectivity index (χ0) is 15.4. The molecule has 5 nitrogen and oxygen atoms in total. The van der Waals surface area contributed by atoms with E-state index in [2.05, 4.69) is 15.3 Å². The first-order chi connectivity index (χ1) is 10.7. The molecule has 1 aromatic heterocycles. The molecule has 22 heavy (non-hydrogen) atoms. The third kappa shape index (κ3) is 3.80. The lowest BCUT2D eigenvalue weighted by Gasteiger charge is -2.07. The van der Waals surface area contributed by atoms with Gasteiger partial charge in [-0.15, -0.1) is 0 Å². The molecule has 1 heterocycles. The van der Waals surface area contributed by atoms with Crippen molar-refractivity contribution < 1.29 is 9.53 Å². The third-order valence-electron chi connectivity index (χ3n) is 3.64. The summed E-state index contributed by atoms with van der Waals surface area (Å²) in [5.41, 5.74) is 2.36. The van der Waals surface area contributed by atoms with Gasteiger partial charge in [0.1, 0.15) is 11.6 Å². The van der Waals surface area contributed by atoms with Crippen LogP contribution in [0, 0.1) is 0 Å². The highest BCUT2D eigenvalue weighted by atomic mass is 35.5. The van der Waals surface area contributed by atoms with Crippen LogP contribution in [0.3, 0.4) is 0 Å². The molecule has 0 atom stereocenters. The van der Waals surface area contributed by atoms with Crippen LogP contribution in [0.4, 0.5) is 0 Å². The van der Waals surface area contributed by atoms with Gasteiger partial charge in [0.05, 0.1) is 12.2 Å². The first-order valence-electron chi connectivity index (χ1n) is 7.42. The first-order valence-corrected chi connectivity index (χ1v) is 7.80. The van der Waals surface area contributed by atoms with Crippen LogP contribution in [0.1, 0.15) is 30.1 Å². The van der Waals surface area contributed by atoms with Gasteiger partial charge in [-0.1, -0.05) is 11.6 Å². The van der Waals surface area contributed by atoms with Crippen LogP contribution in [0.2, 0.25) is 5.02 Å². The van der Waals surface area contributed by atoms with Crippen molar-refractivity contribution in [3.05, 3.63) is 46.5 Å². The third-order valence-corrected chi connectivity index (χ3v) is 3.89. The Morgan fingerprint density at radius 1 is 1.27 bits per heavy atom. The summed E-state index contributed by atoms with van der Waals surface area (Å²) in [6.45, 7) is 0.373. The molecule has 0 radical (unpaired) electrons. The van der Waals surface area contributed by atoms with E-state index in [0.717, 1.165) is 24.4 Å². The quantitative estimate of drug-likeness (QED) is 0.890. The van der Waals surface area contributed by atoms with E-state index in [4.69, 9.17) is 16.3 Å². The van der Waals surface area contributed by atoms with Crippen molar-refractivity contribution in [3.8, 4) is 5.75 Å². The molecule has 0 spiro atoms. The number of fused-ring (bicyclic) bond motifs is 1. The number of nitrogens with zero attached hydrogens (tertiary/aromatic N) is 1. The maximum atomic E-state index is 11.8. The van der Waals surface area contributed by atoms with Gasteiger partial charge in [0.15, 0.2) is 6.61 Å². The van der Waals surface area contributed by atoms with Crippen LogP contribution in [0.5, 0.6) is 5.75 Å². The van der Waals surface area contributed by atoms with Crippen LogP contribution < -0.4 is 10.1 Å². The largest absolute Gasteiger partial charge is 0.484 e. The lowest BCUT2D eigenvalue weighted by molar-refractivity contribution is -0.123. The summed E-state index contributed by atoms with van der Waals surface area (Å²) in [6, 6.07) is 6.91. The van der Waals surface area contributed by atoms with Gasteiger partial charge in [-0.2, -0.15) is 0 Å². The predicted molar refractivity (Wildman–Crippen MR) is 84.0 cm³/mol. The standard InChI is InChI=1S/C16H18ClN3O2/c17-11-5-7-12(8-6-11)22-10-16(21)18-9-15-19-13-3-1-2-4-14(13)20-15/h5-8H,1-4,9-10H2,(H,18,21)(H,19,20). The van der Waals surface area contributed by atoms with Gasteiger partial charge in [0.2, 0.25) is 0 Å². The number of aromatic amines is 1. The second kappa shape index (κ2) is 6.83. The fourth-order valence-electron chi connectivity index (χ4n) is 2.51. The average molecular weight is 320 g/mol. The number of rotatable bonds is 5. The molecule has 0 aliphatic heterocycles. The fourth-order valence-corrected chi connectivity index (χ4v) is 2.64. The van der Waals surface area contributed by atoms with Crippen LogP contribution in [-0.4, -0.2) is 22.5 Å². The minimum absolute atomic E-state index is 0.0257. The summed E-state index contributed by atoms with van der Waals surface area (Å²) in [5, 5.41) is 3.44. The van der Waals surface area contributed by atoms with E-state index in [1.54, 1.807) is 24.3 Å². The number of amides is 1. The highest BCUT2D eigenvalue weighted by molar-refractivity contribution is 6.30. The van der Waals surface area contributed by atoms with Crippen molar-refractivity contribution in [2.75, 3.05) is 6.61 Å². The molecular formula is C16H18ClN3O2. The van der Waals surface area contributed by atoms with Gasteiger partial charge >= 0.3 is 0 Å². The number of aryl methyl sites for hydroxylation is 2. The predicted octanol–water partition coefficient (Wildman–Crippen LogP) is 2.64. The molecule has 0 fully saturated rings. The Bertz CT molecular complexity index is 628. The molecule has 1 aromatic carbocycles. The van der Waals surface area contributed by atoms with E-state index in [-0.39, 0.29) is 12.5 Å². The number of benzene rings is 1. The molecule has 0 unspecified atom stereocenters. The van der Waals surface area contributed by atoms with Gasteiger partial charge in [-0.25, -0.2) is 4.98 Å². The van der Waals surface area contributed by atoms with Gasteiger partial charge in [-0.05, 0) is 49.9 Å². The molecule has 0 saturated carbocycles. The van der Waals surface area contributed by atoms with Gasteiger partial charge in [0, 0.05) is 10.7 Å². The Balaban J connectivity index is 1.46. The maximum absolute atomic E-state index is 11.8. The Morgan fingerprint density at radius 2 is 2.05 bits per heavy atom.